The van der Waals surface area contributed by atoms with Gasteiger partial charge >= 0.3 is 0 Å². The molecular weight excluding hydrogens is 306 g/mol. The Morgan fingerprint density at radius 3 is 3.08 bits per heavy atom. The first-order chi connectivity index (χ1) is 11.6. The Labute approximate surface area is 141 Å². The molecule has 1 fully saturated rings. The topological polar surface area (TPSA) is 74.5 Å². The van der Waals surface area contributed by atoms with Gasteiger partial charge in [-0.2, -0.15) is 0 Å². The minimum atomic E-state index is 0.00809. The normalized spacial score (nSPS) is 18.2. The largest absolute Gasteiger partial charge is 0.359 e. The summed E-state index contributed by atoms with van der Waals surface area (Å²) in [5.74, 6) is 0.642. The molecule has 0 aromatic carbocycles. The van der Waals surface area contributed by atoms with Gasteiger partial charge in [-0.15, -0.1) is 0 Å². The minimum absolute atomic E-state index is 0.00809. The molecular formula is C17H23N5O2. The van der Waals surface area contributed by atoms with Gasteiger partial charge in [-0.3, -0.25) is 14.7 Å². The second-order valence-electron chi connectivity index (χ2n) is 6.34. The quantitative estimate of drug-likeness (QED) is 0.852. The van der Waals surface area contributed by atoms with E-state index in [1.165, 1.54) is 0 Å². The molecule has 3 heterocycles. The van der Waals surface area contributed by atoms with Crippen LogP contribution in [0.5, 0.6) is 0 Å². The molecule has 0 aliphatic carbocycles. The zero-order valence-electron chi connectivity index (χ0n) is 14.1. The third kappa shape index (κ3) is 4.18. The van der Waals surface area contributed by atoms with Crippen LogP contribution in [-0.2, 0) is 11.3 Å². The maximum Gasteiger partial charge on any atom is 0.234 e. The lowest BCUT2D eigenvalue weighted by atomic mass is 10.2. The van der Waals surface area contributed by atoms with E-state index >= 15 is 0 Å². The molecule has 7 nitrogen and oxygen atoms in total. The van der Waals surface area contributed by atoms with Crippen LogP contribution < -0.4 is 5.32 Å². The van der Waals surface area contributed by atoms with Gasteiger partial charge in [-0.05, 0) is 32.6 Å². The Bertz CT molecular complexity index is 671. The molecule has 1 aliphatic rings. The van der Waals surface area contributed by atoms with E-state index in [4.69, 9.17) is 4.52 Å². The SMILES string of the molecule is CN(C)[C@@H]1CCN(CC(=O)NCc2cc(-c3cccnc3)no2)C1. The van der Waals surface area contributed by atoms with E-state index in [0.717, 1.165) is 30.8 Å². The summed E-state index contributed by atoms with van der Waals surface area (Å²) in [4.78, 5) is 20.5. The second-order valence-corrected chi connectivity index (χ2v) is 6.34. The van der Waals surface area contributed by atoms with Gasteiger partial charge in [-0.1, -0.05) is 5.16 Å². The zero-order chi connectivity index (χ0) is 16.9. The summed E-state index contributed by atoms with van der Waals surface area (Å²) < 4.78 is 5.28. The van der Waals surface area contributed by atoms with Crippen LogP contribution in [0.15, 0.2) is 35.1 Å². The summed E-state index contributed by atoms with van der Waals surface area (Å²) in [5.41, 5.74) is 1.62. The first-order valence-corrected chi connectivity index (χ1v) is 8.13. The number of pyridine rings is 1. The lowest BCUT2D eigenvalue weighted by molar-refractivity contribution is -0.122. The predicted molar refractivity (Wildman–Crippen MR) is 90.1 cm³/mol. The van der Waals surface area contributed by atoms with Crippen molar-refractivity contribution in [3.05, 3.63) is 36.4 Å². The fourth-order valence-electron chi connectivity index (χ4n) is 2.87. The number of likely N-dealkylation sites (N-methyl/N-ethyl adjacent to an activating group) is 1. The van der Waals surface area contributed by atoms with Crippen LogP contribution in [0.4, 0.5) is 0 Å². The molecule has 1 saturated heterocycles. The summed E-state index contributed by atoms with van der Waals surface area (Å²) in [5, 5.41) is 6.91. The zero-order valence-corrected chi connectivity index (χ0v) is 14.1. The van der Waals surface area contributed by atoms with Crippen LogP contribution in [0.25, 0.3) is 11.3 Å². The Balaban J connectivity index is 1.46. The van der Waals surface area contributed by atoms with Crippen molar-refractivity contribution in [3.8, 4) is 11.3 Å². The first-order valence-electron chi connectivity index (χ1n) is 8.13. The Kier molecular flexibility index (Phi) is 5.22. The van der Waals surface area contributed by atoms with E-state index in [2.05, 4.69) is 39.4 Å². The predicted octanol–water partition coefficient (Wildman–Crippen LogP) is 0.989. The summed E-state index contributed by atoms with van der Waals surface area (Å²) in [6.45, 7) is 2.67. The third-order valence-corrected chi connectivity index (χ3v) is 4.32. The van der Waals surface area contributed by atoms with Crippen LogP contribution in [0, 0.1) is 0 Å². The Hall–Kier alpha value is -2.25. The molecule has 0 radical (unpaired) electrons. The average Bonchev–Trinajstić information content (AvgIpc) is 3.23. The Morgan fingerprint density at radius 2 is 2.38 bits per heavy atom. The van der Waals surface area contributed by atoms with Crippen LogP contribution in [-0.4, -0.2) is 65.6 Å². The lowest BCUT2D eigenvalue weighted by Crippen LogP contribution is -2.38. The number of hydrogen-bond donors (Lipinski definition) is 1. The third-order valence-electron chi connectivity index (χ3n) is 4.32. The van der Waals surface area contributed by atoms with Crippen molar-refractivity contribution in [3.63, 3.8) is 0 Å². The van der Waals surface area contributed by atoms with Gasteiger partial charge in [0.05, 0.1) is 13.1 Å². The highest BCUT2D eigenvalue weighted by molar-refractivity contribution is 5.78. The number of carbonyl (C=O) groups excluding carboxylic acids is 1. The summed E-state index contributed by atoms with van der Waals surface area (Å²) in [6.07, 6.45) is 4.55. The van der Waals surface area contributed by atoms with Gasteiger partial charge in [-0.25, -0.2) is 0 Å². The van der Waals surface area contributed by atoms with E-state index in [1.54, 1.807) is 12.4 Å². The van der Waals surface area contributed by atoms with E-state index in [9.17, 15) is 4.79 Å². The molecule has 1 aliphatic heterocycles. The molecule has 1 amide bonds. The molecule has 2 aromatic heterocycles. The number of amides is 1. The molecule has 1 atom stereocenters. The van der Waals surface area contributed by atoms with Gasteiger partial charge < -0.3 is 14.7 Å². The molecule has 1 N–H and O–H groups in total. The standard InChI is InChI=1S/C17H23N5O2/c1-21(2)14-5-7-22(11-14)12-17(23)19-10-15-8-16(20-24-15)13-4-3-6-18-9-13/h3-4,6,8-9,14H,5,7,10-12H2,1-2H3,(H,19,23)/t14-/m1/s1. The Morgan fingerprint density at radius 1 is 1.50 bits per heavy atom. The second kappa shape index (κ2) is 7.55. The smallest absolute Gasteiger partial charge is 0.234 e. The molecule has 128 valence electrons. The van der Waals surface area contributed by atoms with E-state index in [-0.39, 0.29) is 5.91 Å². The highest BCUT2D eigenvalue weighted by atomic mass is 16.5. The molecule has 0 spiro atoms. The minimum Gasteiger partial charge on any atom is -0.359 e. The molecule has 7 heteroatoms. The van der Waals surface area contributed by atoms with Gasteiger partial charge in [0.2, 0.25) is 5.91 Å². The highest BCUT2D eigenvalue weighted by Gasteiger charge is 2.25. The van der Waals surface area contributed by atoms with E-state index in [1.807, 2.05) is 18.2 Å². The number of hydrogen-bond acceptors (Lipinski definition) is 6. The van der Waals surface area contributed by atoms with Crippen LogP contribution in [0.3, 0.4) is 0 Å². The molecule has 24 heavy (non-hydrogen) atoms. The summed E-state index contributed by atoms with van der Waals surface area (Å²) >= 11 is 0. The maximum atomic E-state index is 12.1. The summed E-state index contributed by atoms with van der Waals surface area (Å²) in [7, 11) is 4.16. The number of rotatable bonds is 6. The summed E-state index contributed by atoms with van der Waals surface area (Å²) in [6, 6.07) is 6.13. The van der Waals surface area contributed by atoms with Crippen LogP contribution >= 0.6 is 0 Å². The van der Waals surface area contributed by atoms with E-state index in [0.29, 0.717) is 24.9 Å². The van der Waals surface area contributed by atoms with Gasteiger partial charge in [0.25, 0.3) is 0 Å². The maximum absolute atomic E-state index is 12.1. The molecule has 0 bridgehead atoms. The lowest BCUT2D eigenvalue weighted by Gasteiger charge is -2.19. The van der Waals surface area contributed by atoms with Crippen molar-refractivity contribution >= 4 is 5.91 Å². The first kappa shape index (κ1) is 16.6. The van der Waals surface area contributed by atoms with E-state index < -0.39 is 0 Å². The number of nitrogens with zero attached hydrogens (tertiary/aromatic N) is 4. The molecule has 3 rings (SSSR count). The van der Waals surface area contributed by atoms with Crippen molar-refractivity contribution in [1.29, 1.82) is 0 Å². The van der Waals surface area contributed by atoms with Crippen LogP contribution in [0.2, 0.25) is 0 Å². The molecule has 2 aromatic rings. The van der Waals surface area contributed by atoms with Crippen molar-refractivity contribution in [2.45, 2.75) is 19.0 Å². The fraction of sp³-hybridized carbons (Fsp3) is 0.471. The molecule has 0 saturated carbocycles. The number of aromatic nitrogens is 2. The van der Waals surface area contributed by atoms with Crippen molar-refractivity contribution < 1.29 is 9.32 Å². The van der Waals surface area contributed by atoms with Gasteiger partial charge in [0.1, 0.15) is 5.69 Å². The number of nitrogens with one attached hydrogen (secondary N) is 1. The highest BCUT2D eigenvalue weighted by Crippen LogP contribution is 2.17. The number of carbonyl (C=O) groups is 1. The van der Waals surface area contributed by atoms with Gasteiger partial charge in [0, 0.05) is 43.2 Å². The average molecular weight is 329 g/mol. The fourth-order valence-corrected chi connectivity index (χ4v) is 2.87. The molecule has 0 unspecified atom stereocenters. The van der Waals surface area contributed by atoms with Crippen LogP contribution in [0.1, 0.15) is 12.2 Å². The monoisotopic (exact) mass is 329 g/mol. The number of likely N-dealkylation sites (tertiary alicyclic amines) is 1. The van der Waals surface area contributed by atoms with Gasteiger partial charge in [0.15, 0.2) is 5.76 Å². The van der Waals surface area contributed by atoms with Crippen molar-refractivity contribution in [2.24, 2.45) is 0 Å². The van der Waals surface area contributed by atoms with Crippen molar-refractivity contribution in [2.75, 3.05) is 33.7 Å². The van der Waals surface area contributed by atoms with Crippen molar-refractivity contribution in [1.82, 2.24) is 25.3 Å².